The number of benzene rings is 2. The number of aryl methyl sites for hydroxylation is 2. The summed E-state index contributed by atoms with van der Waals surface area (Å²) in [4.78, 5) is 13.1. The van der Waals surface area contributed by atoms with Crippen LogP contribution < -0.4 is 4.74 Å². The summed E-state index contributed by atoms with van der Waals surface area (Å²) in [5, 5.41) is 2.07. The first-order valence-electron chi connectivity index (χ1n) is 7.83. The van der Waals surface area contributed by atoms with E-state index in [0.29, 0.717) is 11.4 Å². The number of fused-ring (bicyclic) bond motifs is 2. The summed E-state index contributed by atoms with van der Waals surface area (Å²) in [6.45, 7) is 0. The van der Waals surface area contributed by atoms with Crippen LogP contribution in [0.15, 0.2) is 54.6 Å². The van der Waals surface area contributed by atoms with Crippen molar-refractivity contribution in [3.05, 3.63) is 66.0 Å². The van der Waals surface area contributed by atoms with Gasteiger partial charge in [-0.1, -0.05) is 18.2 Å². The Morgan fingerprint density at radius 1 is 0.833 bits per heavy atom. The molecule has 0 spiro atoms. The van der Waals surface area contributed by atoms with Crippen LogP contribution in [0.5, 0.6) is 5.75 Å². The molecular weight excluding hydrogens is 300 g/mol. The Balaban J connectivity index is 1.88. The maximum Gasteiger partial charge on any atom is 0.225 e. The van der Waals surface area contributed by atoms with Gasteiger partial charge in [0.25, 0.3) is 0 Å². The Labute approximate surface area is 139 Å². The molecule has 0 radical (unpaired) electrons. The van der Waals surface area contributed by atoms with Gasteiger partial charge < -0.3 is 13.9 Å². The molecule has 2 heterocycles. The van der Waals surface area contributed by atoms with Gasteiger partial charge in [-0.3, -0.25) is 4.79 Å². The van der Waals surface area contributed by atoms with Crippen LogP contribution in [0, 0.1) is 0 Å². The quantitative estimate of drug-likeness (QED) is 0.537. The van der Waals surface area contributed by atoms with Crippen LogP contribution in [0.3, 0.4) is 0 Å². The van der Waals surface area contributed by atoms with E-state index in [1.807, 2.05) is 77.8 Å². The maximum atomic E-state index is 13.1. The molecule has 24 heavy (non-hydrogen) atoms. The molecule has 0 saturated heterocycles. The van der Waals surface area contributed by atoms with Gasteiger partial charge in [0.15, 0.2) is 0 Å². The third-order valence-electron chi connectivity index (χ3n) is 4.67. The van der Waals surface area contributed by atoms with E-state index in [0.717, 1.165) is 27.6 Å². The highest BCUT2D eigenvalue weighted by atomic mass is 16.5. The predicted octanol–water partition coefficient (Wildman–Crippen LogP) is 3.91. The summed E-state index contributed by atoms with van der Waals surface area (Å²) in [6, 6.07) is 17.7. The van der Waals surface area contributed by atoms with E-state index in [9.17, 15) is 4.79 Å². The van der Waals surface area contributed by atoms with Crippen LogP contribution >= 0.6 is 0 Å². The number of nitrogens with zero attached hydrogens (tertiary/aromatic N) is 2. The smallest absolute Gasteiger partial charge is 0.225 e. The standard InChI is InChI=1S/C20H18N2O2/c1-21-16-7-5-4-6-13(16)11-18(21)20(23)19-12-14-10-15(24-3)8-9-17(14)22(19)2/h4-12H,1-3H3. The number of hydrogen-bond acceptors (Lipinski definition) is 2. The molecule has 0 amide bonds. The Kier molecular flexibility index (Phi) is 3.20. The van der Waals surface area contributed by atoms with E-state index >= 15 is 0 Å². The minimum Gasteiger partial charge on any atom is -0.497 e. The molecule has 0 aliphatic carbocycles. The molecule has 0 aliphatic rings. The fourth-order valence-electron chi connectivity index (χ4n) is 3.31. The lowest BCUT2D eigenvalue weighted by Gasteiger charge is -2.05. The van der Waals surface area contributed by atoms with Crippen molar-refractivity contribution in [3.8, 4) is 5.75 Å². The van der Waals surface area contributed by atoms with E-state index in [1.54, 1.807) is 7.11 Å². The highest BCUT2D eigenvalue weighted by Crippen LogP contribution is 2.26. The van der Waals surface area contributed by atoms with Gasteiger partial charge in [-0.15, -0.1) is 0 Å². The second kappa shape index (κ2) is 5.27. The van der Waals surface area contributed by atoms with Gasteiger partial charge in [0.2, 0.25) is 5.78 Å². The molecule has 120 valence electrons. The van der Waals surface area contributed by atoms with Crippen molar-refractivity contribution < 1.29 is 9.53 Å². The third kappa shape index (κ3) is 2.03. The van der Waals surface area contributed by atoms with Crippen LogP contribution in [-0.4, -0.2) is 22.0 Å². The lowest BCUT2D eigenvalue weighted by molar-refractivity contribution is 0.102. The van der Waals surface area contributed by atoms with Crippen LogP contribution in [0.25, 0.3) is 21.8 Å². The molecular formula is C20H18N2O2. The molecule has 0 fully saturated rings. The molecule has 0 atom stereocenters. The summed E-state index contributed by atoms with van der Waals surface area (Å²) >= 11 is 0. The first-order chi connectivity index (χ1) is 11.6. The molecule has 0 unspecified atom stereocenters. The van der Waals surface area contributed by atoms with Crippen LogP contribution in [0.2, 0.25) is 0 Å². The number of carbonyl (C=O) groups excluding carboxylic acids is 1. The average molecular weight is 318 g/mol. The number of aromatic nitrogens is 2. The zero-order valence-electron chi connectivity index (χ0n) is 13.9. The number of carbonyl (C=O) groups is 1. The van der Waals surface area contributed by atoms with Crippen molar-refractivity contribution in [2.24, 2.45) is 14.1 Å². The molecule has 4 heteroatoms. The van der Waals surface area contributed by atoms with Crippen molar-refractivity contribution >= 4 is 27.6 Å². The first kappa shape index (κ1) is 14.6. The van der Waals surface area contributed by atoms with Gasteiger partial charge in [-0.05, 0) is 36.4 Å². The molecule has 2 aromatic carbocycles. The van der Waals surface area contributed by atoms with Gasteiger partial charge in [0.1, 0.15) is 5.75 Å². The highest BCUT2D eigenvalue weighted by Gasteiger charge is 2.19. The molecule has 0 N–H and O–H groups in total. The monoisotopic (exact) mass is 318 g/mol. The summed E-state index contributed by atoms with van der Waals surface area (Å²) in [5.41, 5.74) is 3.43. The second-order valence-corrected chi connectivity index (χ2v) is 5.99. The topological polar surface area (TPSA) is 36.2 Å². The van der Waals surface area contributed by atoms with Crippen LogP contribution in [0.1, 0.15) is 16.2 Å². The summed E-state index contributed by atoms with van der Waals surface area (Å²) in [5.74, 6) is 0.808. The van der Waals surface area contributed by atoms with Crippen molar-refractivity contribution in [1.82, 2.24) is 9.13 Å². The highest BCUT2D eigenvalue weighted by molar-refractivity contribution is 6.11. The third-order valence-corrected chi connectivity index (χ3v) is 4.67. The van der Waals surface area contributed by atoms with E-state index in [2.05, 4.69) is 0 Å². The largest absolute Gasteiger partial charge is 0.497 e. The van der Waals surface area contributed by atoms with Gasteiger partial charge in [-0.25, -0.2) is 0 Å². The number of methoxy groups -OCH3 is 1. The Morgan fingerprint density at radius 2 is 1.46 bits per heavy atom. The lowest BCUT2D eigenvalue weighted by Crippen LogP contribution is -2.11. The van der Waals surface area contributed by atoms with Crippen molar-refractivity contribution in [2.45, 2.75) is 0 Å². The van der Waals surface area contributed by atoms with Gasteiger partial charge in [-0.2, -0.15) is 0 Å². The van der Waals surface area contributed by atoms with Gasteiger partial charge >= 0.3 is 0 Å². The van der Waals surface area contributed by atoms with Crippen molar-refractivity contribution in [3.63, 3.8) is 0 Å². The Bertz CT molecular complexity index is 1090. The lowest BCUT2D eigenvalue weighted by atomic mass is 10.2. The minimum atomic E-state index is 0.0198. The average Bonchev–Trinajstić information content (AvgIpc) is 3.12. The van der Waals surface area contributed by atoms with E-state index < -0.39 is 0 Å². The minimum absolute atomic E-state index is 0.0198. The number of hydrogen-bond donors (Lipinski definition) is 0. The SMILES string of the molecule is COc1ccc2c(c1)cc(C(=O)c1cc3ccccc3n1C)n2C. The summed E-state index contributed by atoms with van der Waals surface area (Å²) < 4.78 is 9.17. The summed E-state index contributed by atoms with van der Waals surface area (Å²) in [7, 11) is 5.50. The molecule has 4 nitrogen and oxygen atoms in total. The van der Waals surface area contributed by atoms with E-state index in [4.69, 9.17) is 4.74 Å². The number of ether oxygens (including phenoxy) is 1. The van der Waals surface area contributed by atoms with Gasteiger partial charge in [0, 0.05) is 35.9 Å². The Hall–Kier alpha value is -3.01. The normalized spacial score (nSPS) is 11.3. The number of ketones is 1. The molecule has 4 aromatic rings. The van der Waals surface area contributed by atoms with Crippen molar-refractivity contribution in [2.75, 3.05) is 7.11 Å². The fourth-order valence-corrected chi connectivity index (χ4v) is 3.31. The van der Waals surface area contributed by atoms with E-state index in [1.165, 1.54) is 0 Å². The molecule has 4 rings (SSSR count). The van der Waals surface area contributed by atoms with Crippen LogP contribution in [0.4, 0.5) is 0 Å². The zero-order chi connectivity index (χ0) is 16.8. The molecule has 0 bridgehead atoms. The second-order valence-electron chi connectivity index (χ2n) is 5.99. The number of rotatable bonds is 3. The predicted molar refractivity (Wildman–Crippen MR) is 95.8 cm³/mol. The summed E-state index contributed by atoms with van der Waals surface area (Å²) in [6.07, 6.45) is 0. The maximum absolute atomic E-state index is 13.1. The molecule has 0 saturated carbocycles. The van der Waals surface area contributed by atoms with E-state index in [-0.39, 0.29) is 5.78 Å². The fraction of sp³-hybridized carbons (Fsp3) is 0.150. The Morgan fingerprint density at radius 3 is 2.12 bits per heavy atom. The number of para-hydroxylation sites is 1. The van der Waals surface area contributed by atoms with Gasteiger partial charge in [0.05, 0.1) is 18.5 Å². The first-order valence-corrected chi connectivity index (χ1v) is 7.83. The molecule has 0 aliphatic heterocycles. The van der Waals surface area contributed by atoms with Crippen molar-refractivity contribution in [1.29, 1.82) is 0 Å². The van der Waals surface area contributed by atoms with Crippen LogP contribution in [-0.2, 0) is 14.1 Å². The zero-order valence-corrected chi connectivity index (χ0v) is 13.9. The molecule has 2 aromatic heterocycles.